The third kappa shape index (κ3) is 3.20. The van der Waals surface area contributed by atoms with Gasteiger partial charge in [0.15, 0.2) is 5.78 Å². The molecule has 8 heteroatoms. The molecule has 0 aliphatic heterocycles. The van der Waals surface area contributed by atoms with Crippen LogP contribution < -0.4 is 5.32 Å². The van der Waals surface area contributed by atoms with Crippen LogP contribution in [0.25, 0.3) is 0 Å². The molecule has 1 saturated carbocycles. The molecule has 122 valence electrons. The van der Waals surface area contributed by atoms with Crippen molar-refractivity contribution in [3.05, 3.63) is 29.3 Å². The lowest BCUT2D eigenvalue weighted by Gasteiger charge is -2.43. The number of halogens is 6. The summed E-state index contributed by atoms with van der Waals surface area (Å²) in [5.41, 5.74) is -3.69. The Kier molecular flexibility index (Phi) is 3.70. The van der Waals surface area contributed by atoms with Crippen molar-refractivity contribution in [2.24, 2.45) is 5.41 Å². The van der Waals surface area contributed by atoms with Crippen molar-refractivity contribution in [1.82, 2.24) is 0 Å². The van der Waals surface area contributed by atoms with Gasteiger partial charge in [0, 0.05) is 12.1 Å². The number of benzene rings is 1. The molecule has 1 aromatic rings. The standard InChI is InChI=1S/C14H13F6NO/c1-12(2)6-10(22)11(12)21-9-4-7(13(15,16)17)3-8(5-9)14(18,19)20/h3-5,11,21H,6H2,1-2H3. The third-order valence-corrected chi connectivity index (χ3v) is 3.63. The quantitative estimate of drug-likeness (QED) is 0.811. The number of anilines is 1. The smallest absolute Gasteiger partial charge is 0.375 e. The second kappa shape index (κ2) is 4.89. The Bertz CT molecular complexity index is 570. The Hall–Kier alpha value is -1.73. The number of carbonyl (C=O) groups excluding carboxylic acids is 1. The molecule has 2 rings (SSSR count). The van der Waals surface area contributed by atoms with E-state index in [1.807, 2.05) is 0 Å². The Labute approximate surface area is 122 Å². The van der Waals surface area contributed by atoms with Gasteiger partial charge >= 0.3 is 12.4 Å². The van der Waals surface area contributed by atoms with Crippen LogP contribution >= 0.6 is 0 Å². The maximum atomic E-state index is 12.7. The average Bonchev–Trinajstić information content (AvgIpc) is 2.33. The number of rotatable bonds is 2. The molecule has 1 fully saturated rings. The molecule has 1 unspecified atom stereocenters. The topological polar surface area (TPSA) is 29.1 Å². The van der Waals surface area contributed by atoms with Crippen LogP contribution in [-0.4, -0.2) is 11.8 Å². The van der Waals surface area contributed by atoms with E-state index in [0.717, 1.165) is 0 Å². The second-order valence-electron chi connectivity index (χ2n) is 6.00. The van der Waals surface area contributed by atoms with Gasteiger partial charge in [0.25, 0.3) is 0 Å². The van der Waals surface area contributed by atoms with E-state index >= 15 is 0 Å². The molecule has 0 amide bonds. The Balaban J connectivity index is 2.41. The van der Waals surface area contributed by atoms with Gasteiger partial charge in [-0.2, -0.15) is 26.3 Å². The second-order valence-corrected chi connectivity index (χ2v) is 6.00. The fraction of sp³-hybridized carbons (Fsp3) is 0.500. The van der Waals surface area contributed by atoms with Crippen LogP contribution in [-0.2, 0) is 17.1 Å². The SMILES string of the molecule is CC1(C)CC(=O)C1Nc1cc(C(F)(F)F)cc(C(F)(F)F)c1. The fourth-order valence-electron chi connectivity index (χ4n) is 2.44. The Morgan fingerprint density at radius 1 is 1.00 bits per heavy atom. The van der Waals surface area contributed by atoms with Gasteiger partial charge in [0.1, 0.15) is 0 Å². The molecule has 1 N–H and O–H groups in total. The molecule has 1 aliphatic carbocycles. The van der Waals surface area contributed by atoms with Gasteiger partial charge in [0.2, 0.25) is 0 Å². The van der Waals surface area contributed by atoms with Gasteiger partial charge in [-0.25, -0.2) is 0 Å². The normalized spacial score (nSPS) is 21.5. The van der Waals surface area contributed by atoms with E-state index in [0.29, 0.717) is 12.1 Å². The molecular weight excluding hydrogens is 312 g/mol. The summed E-state index contributed by atoms with van der Waals surface area (Å²) in [6, 6.07) is 0.421. The highest BCUT2D eigenvalue weighted by Crippen LogP contribution is 2.41. The molecule has 2 nitrogen and oxygen atoms in total. The zero-order valence-corrected chi connectivity index (χ0v) is 11.7. The summed E-state index contributed by atoms with van der Waals surface area (Å²) in [5, 5.41) is 2.49. The van der Waals surface area contributed by atoms with Crippen LogP contribution in [0.2, 0.25) is 0 Å². The number of Topliss-reactive ketones (excluding diaryl/α,β-unsaturated/α-hetero) is 1. The first kappa shape index (κ1) is 16.6. The highest BCUT2D eigenvalue weighted by molar-refractivity contribution is 5.94. The molecule has 0 saturated heterocycles. The van der Waals surface area contributed by atoms with Gasteiger partial charge in [0.05, 0.1) is 17.2 Å². The first-order valence-electron chi connectivity index (χ1n) is 6.39. The van der Waals surface area contributed by atoms with Gasteiger partial charge in [-0.05, 0) is 23.6 Å². The zero-order valence-electron chi connectivity index (χ0n) is 11.7. The summed E-state index contributed by atoms with van der Waals surface area (Å²) in [6.45, 7) is 3.43. The number of carbonyl (C=O) groups is 1. The molecule has 22 heavy (non-hydrogen) atoms. The monoisotopic (exact) mass is 325 g/mol. The van der Waals surface area contributed by atoms with Crippen LogP contribution in [0.15, 0.2) is 18.2 Å². The van der Waals surface area contributed by atoms with Gasteiger partial charge < -0.3 is 5.32 Å². The van der Waals surface area contributed by atoms with Crippen LogP contribution in [0.5, 0.6) is 0 Å². The van der Waals surface area contributed by atoms with Crippen LogP contribution in [0.1, 0.15) is 31.4 Å². The molecule has 0 aromatic heterocycles. The summed E-state index contributed by atoms with van der Waals surface area (Å²) >= 11 is 0. The van der Waals surface area contributed by atoms with E-state index in [4.69, 9.17) is 0 Å². The Morgan fingerprint density at radius 2 is 1.45 bits per heavy atom. The van der Waals surface area contributed by atoms with Gasteiger partial charge in [-0.1, -0.05) is 13.8 Å². The van der Waals surface area contributed by atoms with E-state index in [1.54, 1.807) is 13.8 Å². The lowest BCUT2D eigenvalue weighted by Crippen LogP contribution is -2.54. The van der Waals surface area contributed by atoms with Crippen molar-refractivity contribution < 1.29 is 31.1 Å². The van der Waals surface area contributed by atoms with Crippen LogP contribution in [0.3, 0.4) is 0 Å². The van der Waals surface area contributed by atoms with E-state index < -0.39 is 34.9 Å². The third-order valence-electron chi connectivity index (χ3n) is 3.63. The van der Waals surface area contributed by atoms with Crippen molar-refractivity contribution in [1.29, 1.82) is 0 Å². The lowest BCUT2D eigenvalue weighted by atomic mass is 9.66. The number of alkyl halides is 6. The van der Waals surface area contributed by atoms with Crippen LogP contribution in [0.4, 0.5) is 32.0 Å². The predicted octanol–water partition coefficient (Wildman–Crippen LogP) is 4.50. The van der Waals surface area contributed by atoms with E-state index in [-0.39, 0.29) is 24.0 Å². The minimum absolute atomic E-state index is 0.0545. The molecule has 0 spiro atoms. The summed E-state index contributed by atoms with van der Waals surface area (Å²) < 4.78 is 76.4. The van der Waals surface area contributed by atoms with Crippen molar-refractivity contribution in [3.63, 3.8) is 0 Å². The maximum Gasteiger partial charge on any atom is 0.416 e. The molecule has 1 atom stereocenters. The summed E-state index contributed by atoms with van der Waals surface area (Å²) in [4.78, 5) is 11.5. The van der Waals surface area contributed by atoms with Crippen molar-refractivity contribution in [2.75, 3.05) is 5.32 Å². The summed E-state index contributed by atoms with van der Waals surface area (Å²) in [5.74, 6) is -0.240. The molecular formula is C14H13F6NO. The average molecular weight is 325 g/mol. The first-order chi connectivity index (χ1) is 9.80. The number of hydrogen-bond donors (Lipinski definition) is 1. The summed E-state index contributed by atoms with van der Waals surface area (Å²) in [7, 11) is 0. The zero-order chi connectivity index (χ0) is 16.9. The molecule has 0 heterocycles. The lowest BCUT2D eigenvalue weighted by molar-refractivity contribution is -0.143. The predicted molar refractivity (Wildman–Crippen MR) is 67.3 cm³/mol. The Morgan fingerprint density at radius 3 is 1.77 bits per heavy atom. The van der Waals surface area contributed by atoms with E-state index in [2.05, 4.69) is 5.32 Å². The van der Waals surface area contributed by atoms with E-state index in [1.165, 1.54) is 0 Å². The molecule has 0 radical (unpaired) electrons. The van der Waals surface area contributed by atoms with Crippen molar-refractivity contribution in [3.8, 4) is 0 Å². The minimum Gasteiger partial charge on any atom is -0.375 e. The van der Waals surface area contributed by atoms with Gasteiger partial charge in [-0.15, -0.1) is 0 Å². The number of hydrogen-bond acceptors (Lipinski definition) is 2. The maximum absolute atomic E-state index is 12.7. The first-order valence-corrected chi connectivity index (χ1v) is 6.39. The van der Waals surface area contributed by atoms with E-state index in [9.17, 15) is 31.1 Å². The fourth-order valence-corrected chi connectivity index (χ4v) is 2.44. The molecule has 1 aromatic carbocycles. The van der Waals surface area contributed by atoms with Gasteiger partial charge in [-0.3, -0.25) is 4.79 Å². The molecule has 0 bridgehead atoms. The highest BCUT2D eigenvalue weighted by atomic mass is 19.4. The van der Waals surface area contributed by atoms with Crippen molar-refractivity contribution in [2.45, 2.75) is 38.7 Å². The largest absolute Gasteiger partial charge is 0.416 e. The minimum atomic E-state index is -4.91. The van der Waals surface area contributed by atoms with Crippen molar-refractivity contribution >= 4 is 11.5 Å². The highest BCUT2D eigenvalue weighted by Gasteiger charge is 2.47. The number of nitrogens with one attached hydrogen (secondary N) is 1. The van der Waals surface area contributed by atoms with Crippen LogP contribution in [0, 0.1) is 5.41 Å². The number of ketones is 1. The summed E-state index contributed by atoms with van der Waals surface area (Å²) in [6.07, 6.45) is -9.58. The molecule has 1 aliphatic rings.